The Morgan fingerprint density at radius 3 is 2.29 bits per heavy atom. The lowest BCUT2D eigenvalue weighted by Crippen LogP contribution is -2.24. The first kappa shape index (κ1) is 24.3. The Kier molecular flexibility index (Phi) is 7.72. The third-order valence-electron chi connectivity index (χ3n) is 5.52. The zero-order valence-corrected chi connectivity index (χ0v) is 21.0. The van der Waals surface area contributed by atoms with Gasteiger partial charge in [0.05, 0.1) is 12.4 Å². The van der Waals surface area contributed by atoms with E-state index in [9.17, 15) is 4.79 Å². The van der Waals surface area contributed by atoms with Crippen LogP contribution in [0, 0.1) is 13.8 Å². The van der Waals surface area contributed by atoms with Crippen molar-refractivity contribution in [2.24, 2.45) is 0 Å². The van der Waals surface area contributed by atoms with Crippen molar-refractivity contribution in [3.05, 3.63) is 89.7 Å². The molecular weight excluding hydrogens is 460 g/mol. The number of carbonyl (C=O) groups excluding carboxylic acids is 1. The second-order valence-corrected chi connectivity index (χ2v) is 9.33. The molecule has 0 aliphatic carbocycles. The second-order valence-electron chi connectivity index (χ2n) is 8.03. The third kappa shape index (κ3) is 5.66. The summed E-state index contributed by atoms with van der Waals surface area (Å²) in [6, 6.07) is 23.2. The van der Waals surface area contributed by atoms with E-state index in [0.29, 0.717) is 22.5 Å². The van der Waals surface area contributed by atoms with E-state index >= 15 is 0 Å². The van der Waals surface area contributed by atoms with Gasteiger partial charge < -0.3 is 14.8 Å². The highest BCUT2D eigenvalue weighted by Crippen LogP contribution is 2.30. The van der Waals surface area contributed by atoms with Gasteiger partial charge in [0.2, 0.25) is 5.91 Å². The Bertz CT molecular complexity index is 1290. The number of aromatic nitrogens is 3. The summed E-state index contributed by atoms with van der Waals surface area (Å²) in [4.78, 5) is 13.0. The SMILES string of the molecule is COc1ccccc1OCc1nnc(S[C@@H](C)C(=O)Nc2c(C)cccc2C)n1-c1ccccc1. The molecule has 0 saturated carbocycles. The molecule has 1 N–H and O–H groups in total. The number of para-hydroxylation sites is 4. The zero-order valence-electron chi connectivity index (χ0n) is 20.2. The summed E-state index contributed by atoms with van der Waals surface area (Å²) in [6.07, 6.45) is 0. The molecule has 0 saturated heterocycles. The van der Waals surface area contributed by atoms with Crippen molar-refractivity contribution < 1.29 is 14.3 Å². The molecule has 4 aromatic rings. The molecule has 8 heteroatoms. The minimum Gasteiger partial charge on any atom is -0.493 e. The molecule has 1 atom stereocenters. The largest absolute Gasteiger partial charge is 0.493 e. The van der Waals surface area contributed by atoms with Gasteiger partial charge in [0.1, 0.15) is 6.61 Å². The van der Waals surface area contributed by atoms with E-state index in [0.717, 1.165) is 22.5 Å². The summed E-state index contributed by atoms with van der Waals surface area (Å²) in [7, 11) is 1.61. The fraction of sp³-hybridized carbons (Fsp3) is 0.222. The molecule has 35 heavy (non-hydrogen) atoms. The number of methoxy groups -OCH3 is 1. The number of anilines is 1. The van der Waals surface area contributed by atoms with Gasteiger partial charge in [-0.1, -0.05) is 60.3 Å². The van der Waals surface area contributed by atoms with E-state index in [2.05, 4.69) is 15.5 Å². The first-order valence-electron chi connectivity index (χ1n) is 11.3. The third-order valence-corrected chi connectivity index (χ3v) is 6.56. The molecule has 3 aromatic carbocycles. The highest BCUT2D eigenvalue weighted by atomic mass is 32.2. The van der Waals surface area contributed by atoms with Gasteiger partial charge in [0.15, 0.2) is 22.5 Å². The van der Waals surface area contributed by atoms with Gasteiger partial charge >= 0.3 is 0 Å². The lowest BCUT2D eigenvalue weighted by molar-refractivity contribution is -0.115. The van der Waals surface area contributed by atoms with Crippen LogP contribution in [0.5, 0.6) is 11.5 Å². The number of thioether (sulfide) groups is 1. The number of nitrogens with zero attached hydrogens (tertiary/aromatic N) is 3. The summed E-state index contributed by atoms with van der Waals surface area (Å²) in [5.41, 5.74) is 3.79. The Labute approximate surface area is 209 Å². The quantitative estimate of drug-likeness (QED) is 0.310. The summed E-state index contributed by atoms with van der Waals surface area (Å²) < 4.78 is 13.3. The van der Waals surface area contributed by atoms with Crippen LogP contribution in [-0.4, -0.2) is 33.0 Å². The molecule has 0 spiro atoms. The molecular formula is C27H28N4O3S. The molecule has 0 aliphatic rings. The maximum absolute atomic E-state index is 13.0. The summed E-state index contributed by atoms with van der Waals surface area (Å²) >= 11 is 1.35. The first-order valence-corrected chi connectivity index (χ1v) is 12.1. The average Bonchev–Trinajstić information content (AvgIpc) is 3.27. The van der Waals surface area contributed by atoms with Crippen LogP contribution in [-0.2, 0) is 11.4 Å². The minimum atomic E-state index is -0.399. The van der Waals surface area contributed by atoms with Crippen LogP contribution >= 0.6 is 11.8 Å². The number of hydrogen-bond donors (Lipinski definition) is 1. The van der Waals surface area contributed by atoms with Crippen molar-refractivity contribution >= 4 is 23.4 Å². The summed E-state index contributed by atoms with van der Waals surface area (Å²) in [5, 5.41) is 12.1. The van der Waals surface area contributed by atoms with Crippen molar-refractivity contribution in [1.29, 1.82) is 0 Å². The Balaban J connectivity index is 1.56. The number of hydrogen-bond acceptors (Lipinski definition) is 6. The van der Waals surface area contributed by atoms with Crippen molar-refractivity contribution in [2.45, 2.75) is 37.8 Å². The van der Waals surface area contributed by atoms with Crippen molar-refractivity contribution in [2.75, 3.05) is 12.4 Å². The molecule has 1 aromatic heterocycles. The van der Waals surface area contributed by atoms with E-state index in [1.54, 1.807) is 7.11 Å². The standard InChI is InChI=1S/C27H28N4O3S/c1-18-11-10-12-19(2)25(18)28-26(32)20(3)35-27-30-29-24(31(27)21-13-6-5-7-14-21)17-34-23-16-9-8-15-22(23)33-4/h5-16,20H,17H2,1-4H3,(H,28,32)/t20-/m0/s1. The monoisotopic (exact) mass is 488 g/mol. The summed E-state index contributed by atoms with van der Waals surface area (Å²) in [6.45, 7) is 6.02. The molecule has 180 valence electrons. The van der Waals surface area contributed by atoms with Crippen LogP contribution in [0.15, 0.2) is 78.0 Å². The molecule has 4 rings (SSSR count). The fourth-order valence-electron chi connectivity index (χ4n) is 3.63. The van der Waals surface area contributed by atoms with E-state index < -0.39 is 5.25 Å². The van der Waals surface area contributed by atoms with Crippen LogP contribution in [0.4, 0.5) is 5.69 Å². The lowest BCUT2D eigenvalue weighted by Gasteiger charge is -2.16. The summed E-state index contributed by atoms with van der Waals surface area (Å²) in [5.74, 6) is 1.78. The number of rotatable bonds is 9. The number of amides is 1. The number of benzene rings is 3. The molecule has 0 unspecified atom stereocenters. The van der Waals surface area contributed by atoms with Crippen molar-refractivity contribution in [3.63, 3.8) is 0 Å². The Morgan fingerprint density at radius 2 is 1.60 bits per heavy atom. The van der Waals surface area contributed by atoms with Crippen LogP contribution < -0.4 is 14.8 Å². The van der Waals surface area contributed by atoms with Gasteiger partial charge in [-0.25, -0.2) is 0 Å². The maximum Gasteiger partial charge on any atom is 0.237 e. The topological polar surface area (TPSA) is 78.3 Å². The van der Waals surface area contributed by atoms with Crippen LogP contribution in [0.3, 0.4) is 0 Å². The smallest absolute Gasteiger partial charge is 0.237 e. The molecule has 0 fully saturated rings. The number of aryl methyl sites for hydroxylation is 2. The van der Waals surface area contributed by atoms with Gasteiger partial charge in [-0.15, -0.1) is 10.2 Å². The van der Waals surface area contributed by atoms with E-state index in [-0.39, 0.29) is 12.5 Å². The van der Waals surface area contributed by atoms with Crippen LogP contribution in [0.2, 0.25) is 0 Å². The number of carbonyl (C=O) groups is 1. The van der Waals surface area contributed by atoms with Crippen molar-refractivity contribution in [1.82, 2.24) is 14.8 Å². The maximum atomic E-state index is 13.0. The van der Waals surface area contributed by atoms with Gasteiger partial charge in [-0.2, -0.15) is 0 Å². The van der Waals surface area contributed by atoms with E-state index in [1.165, 1.54) is 11.8 Å². The van der Waals surface area contributed by atoms with Gasteiger partial charge in [0, 0.05) is 11.4 Å². The van der Waals surface area contributed by atoms with Crippen LogP contribution in [0.1, 0.15) is 23.9 Å². The molecule has 7 nitrogen and oxygen atoms in total. The molecule has 0 radical (unpaired) electrons. The average molecular weight is 489 g/mol. The Hall–Kier alpha value is -3.78. The van der Waals surface area contributed by atoms with Gasteiger partial charge in [-0.3, -0.25) is 9.36 Å². The van der Waals surface area contributed by atoms with Crippen molar-refractivity contribution in [3.8, 4) is 17.2 Å². The molecule has 1 amide bonds. The Morgan fingerprint density at radius 1 is 0.943 bits per heavy atom. The lowest BCUT2D eigenvalue weighted by atomic mass is 10.1. The molecule has 0 bridgehead atoms. The fourth-order valence-corrected chi connectivity index (χ4v) is 4.52. The zero-order chi connectivity index (χ0) is 24.8. The highest BCUT2D eigenvalue weighted by molar-refractivity contribution is 8.00. The predicted molar refractivity (Wildman–Crippen MR) is 139 cm³/mol. The first-order chi connectivity index (χ1) is 17.0. The van der Waals surface area contributed by atoms with Gasteiger partial charge in [0.25, 0.3) is 0 Å². The van der Waals surface area contributed by atoms with E-state index in [1.807, 2.05) is 98.1 Å². The van der Waals surface area contributed by atoms with Crippen LogP contribution in [0.25, 0.3) is 5.69 Å². The number of nitrogens with one attached hydrogen (secondary N) is 1. The van der Waals surface area contributed by atoms with E-state index in [4.69, 9.17) is 9.47 Å². The normalized spacial score (nSPS) is 11.7. The molecule has 1 heterocycles. The predicted octanol–water partition coefficient (Wildman–Crippen LogP) is 5.59. The second kappa shape index (κ2) is 11.1. The highest BCUT2D eigenvalue weighted by Gasteiger charge is 2.22. The van der Waals surface area contributed by atoms with Gasteiger partial charge in [-0.05, 0) is 56.2 Å². The minimum absolute atomic E-state index is 0.0955. The number of ether oxygens (including phenoxy) is 2. The molecule has 0 aliphatic heterocycles.